The quantitative estimate of drug-likeness (QED) is 0.642. The summed E-state index contributed by atoms with van der Waals surface area (Å²) in [5.41, 5.74) is 3.51. The van der Waals surface area contributed by atoms with Crippen LogP contribution in [0.5, 0.6) is 0 Å². The van der Waals surface area contributed by atoms with Crippen LogP contribution in [0.15, 0.2) is 36.7 Å². The summed E-state index contributed by atoms with van der Waals surface area (Å²) in [6.07, 6.45) is 6.97. The molecule has 2 aliphatic rings. The molecule has 1 aromatic carbocycles. The predicted octanol–water partition coefficient (Wildman–Crippen LogP) is 5.01. The van der Waals surface area contributed by atoms with Crippen molar-refractivity contribution in [1.29, 1.82) is 0 Å². The number of hydrogen-bond donors (Lipinski definition) is 2. The zero-order valence-corrected chi connectivity index (χ0v) is 18.0. The van der Waals surface area contributed by atoms with E-state index in [-0.39, 0.29) is 17.7 Å². The van der Waals surface area contributed by atoms with E-state index in [1.165, 1.54) is 25.5 Å². The van der Waals surface area contributed by atoms with Crippen molar-refractivity contribution in [2.24, 2.45) is 11.8 Å². The van der Waals surface area contributed by atoms with Crippen molar-refractivity contribution in [3.05, 3.63) is 53.6 Å². The largest absolute Gasteiger partial charge is 0.384 e. The number of likely N-dealkylation sites (tertiary alicyclic amines) is 1. The molecule has 2 aromatic heterocycles. The first-order chi connectivity index (χ1) is 14.4. The van der Waals surface area contributed by atoms with Gasteiger partial charge in [0.15, 0.2) is 5.82 Å². The third-order valence-electron chi connectivity index (χ3n) is 7.60. The van der Waals surface area contributed by atoms with E-state index in [1.54, 1.807) is 6.20 Å². The van der Waals surface area contributed by atoms with Gasteiger partial charge in [0, 0.05) is 43.4 Å². The first kappa shape index (κ1) is 19.7. The number of H-pyrrole nitrogens is 1. The molecule has 1 aliphatic heterocycles. The summed E-state index contributed by atoms with van der Waals surface area (Å²) in [4.78, 5) is 9.69. The first-order valence-corrected chi connectivity index (χ1v) is 11.1. The highest BCUT2D eigenvalue weighted by molar-refractivity contribution is 5.93. The molecule has 2 N–H and O–H groups in total. The molecular formula is C25H30FN3O. The van der Waals surface area contributed by atoms with E-state index in [9.17, 15) is 9.50 Å². The summed E-state index contributed by atoms with van der Waals surface area (Å²) in [5.74, 6) is 0.0152. The van der Waals surface area contributed by atoms with Crippen molar-refractivity contribution in [3.63, 3.8) is 0 Å². The van der Waals surface area contributed by atoms with Gasteiger partial charge in [0.2, 0.25) is 0 Å². The summed E-state index contributed by atoms with van der Waals surface area (Å²) in [5, 5.41) is 12.4. The number of aliphatic hydroxyl groups is 1. The molecular weight excluding hydrogens is 377 g/mol. The number of pyridine rings is 1. The third kappa shape index (κ3) is 2.90. The van der Waals surface area contributed by atoms with Gasteiger partial charge in [-0.15, -0.1) is 0 Å². The zero-order chi connectivity index (χ0) is 21.0. The number of rotatable bonds is 3. The fraction of sp³-hybridized carbons (Fsp3) is 0.480. The van der Waals surface area contributed by atoms with E-state index in [4.69, 9.17) is 0 Å². The van der Waals surface area contributed by atoms with Gasteiger partial charge >= 0.3 is 0 Å². The number of hydrogen-bond acceptors (Lipinski definition) is 3. The van der Waals surface area contributed by atoms with E-state index >= 15 is 0 Å². The SMILES string of the molecule is Cc1cc(-c2ccnc3[nH]cc(F)c23)ccc1C1(O)C(C)CN(C2CCC2)CC1C. The molecule has 3 heterocycles. The maximum atomic E-state index is 14.3. The van der Waals surface area contributed by atoms with Gasteiger partial charge in [-0.25, -0.2) is 9.37 Å². The maximum Gasteiger partial charge on any atom is 0.150 e. The standard InChI is InChI=1S/C25H30FN3O/c1-15-11-18(20-9-10-27-24-23(20)22(26)12-28-24)7-8-21(15)25(30)16(2)13-29(14-17(25)3)19-5-4-6-19/h7-12,16-17,19,30H,4-6,13-14H2,1-3H3,(H,27,28). The Morgan fingerprint density at radius 2 is 1.90 bits per heavy atom. The fourth-order valence-electron chi connectivity index (χ4n) is 5.66. The zero-order valence-electron chi connectivity index (χ0n) is 18.0. The third-order valence-corrected chi connectivity index (χ3v) is 7.60. The number of fused-ring (bicyclic) bond motifs is 1. The summed E-state index contributed by atoms with van der Waals surface area (Å²) >= 11 is 0. The van der Waals surface area contributed by atoms with Crippen molar-refractivity contribution in [2.45, 2.75) is 51.7 Å². The monoisotopic (exact) mass is 407 g/mol. The van der Waals surface area contributed by atoms with Crippen LogP contribution in [0.4, 0.5) is 4.39 Å². The van der Waals surface area contributed by atoms with E-state index in [0.717, 1.165) is 35.3 Å². The van der Waals surface area contributed by atoms with Crippen LogP contribution in [0.2, 0.25) is 0 Å². The Morgan fingerprint density at radius 1 is 1.17 bits per heavy atom. The number of aromatic nitrogens is 2. The van der Waals surface area contributed by atoms with Gasteiger partial charge in [0.05, 0.1) is 11.0 Å². The van der Waals surface area contributed by atoms with Gasteiger partial charge in [-0.1, -0.05) is 38.5 Å². The van der Waals surface area contributed by atoms with Crippen molar-refractivity contribution < 1.29 is 9.50 Å². The average molecular weight is 408 g/mol. The first-order valence-electron chi connectivity index (χ1n) is 11.1. The molecule has 0 radical (unpaired) electrons. The summed E-state index contributed by atoms with van der Waals surface area (Å²) in [6, 6.07) is 8.69. The molecule has 0 bridgehead atoms. The Balaban J connectivity index is 1.51. The molecule has 158 valence electrons. The molecule has 30 heavy (non-hydrogen) atoms. The number of halogens is 1. The van der Waals surface area contributed by atoms with Crippen LogP contribution in [-0.4, -0.2) is 39.1 Å². The van der Waals surface area contributed by atoms with E-state index < -0.39 is 5.60 Å². The summed E-state index contributed by atoms with van der Waals surface area (Å²) in [6.45, 7) is 8.28. The lowest BCUT2D eigenvalue weighted by Crippen LogP contribution is -2.58. The molecule has 4 nitrogen and oxygen atoms in total. The second-order valence-electron chi connectivity index (χ2n) is 9.41. The van der Waals surface area contributed by atoms with Crippen LogP contribution in [-0.2, 0) is 5.60 Å². The van der Waals surface area contributed by atoms with Crippen LogP contribution < -0.4 is 0 Å². The average Bonchev–Trinajstić information content (AvgIpc) is 3.06. The van der Waals surface area contributed by atoms with Gasteiger partial charge in [-0.2, -0.15) is 0 Å². The van der Waals surface area contributed by atoms with Gasteiger partial charge < -0.3 is 10.1 Å². The van der Waals surface area contributed by atoms with Gasteiger partial charge in [0.1, 0.15) is 5.65 Å². The second-order valence-corrected chi connectivity index (χ2v) is 9.41. The smallest absolute Gasteiger partial charge is 0.150 e. The number of benzene rings is 1. The Labute approximate surface area is 177 Å². The van der Waals surface area contributed by atoms with Crippen LogP contribution in [0.1, 0.15) is 44.2 Å². The molecule has 2 atom stereocenters. The highest BCUT2D eigenvalue weighted by atomic mass is 19.1. The molecule has 2 unspecified atom stereocenters. The van der Waals surface area contributed by atoms with Gasteiger partial charge in [-0.05, 0) is 48.1 Å². The number of aryl methyl sites for hydroxylation is 1. The van der Waals surface area contributed by atoms with Crippen molar-refractivity contribution in [3.8, 4) is 11.1 Å². The Morgan fingerprint density at radius 3 is 2.53 bits per heavy atom. The normalized spacial score (nSPS) is 28.0. The lowest BCUT2D eigenvalue weighted by molar-refractivity contribution is -0.125. The number of nitrogens with zero attached hydrogens (tertiary/aromatic N) is 2. The topological polar surface area (TPSA) is 52.1 Å². The molecule has 2 fully saturated rings. The minimum absolute atomic E-state index is 0.154. The van der Waals surface area contributed by atoms with E-state index in [1.807, 2.05) is 18.2 Å². The molecule has 5 rings (SSSR count). The second kappa shape index (κ2) is 7.17. The molecule has 0 spiro atoms. The highest BCUT2D eigenvalue weighted by Gasteiger charge is 2.48. The highest BCUT2D eigenvalue weighted by Crippen LogP contribution is 2.45. The van der Waals surface area contributed by atoms with Crippen LogP contribution in [0.3, 0.4) is 0 Å². The molecule has 1 aliphatic carbocycles. The number of aromatic amines is 1. The van der Waals surface area contributed by atoms with Crippen LogP contribution >= 0.6 is 0 Å². The molecule has 0 amide bonds. The van der Waals surface area contributed by atoms with Crippen molar-refractivity contribution >= 4 is 11.0 Å². The number of nitrogens with one attached hydrogen (secondary N) is 1. The Bertz CT molecular complexity index is 1080. The fourth-order valence-corrected chi connectivity index (χ4v) is 5.66. The summed E-state index contributed by atoms with van der Waals surface area (Å²) < 4.78 is 14.3. The van der Waals surface area contributed by atoms with Gasteiger partial charge in [0.25, 0.3) is 0 Å². The molecule has 1 saturated carbocycles. The Hall–Kier alpha value is -2.24. The number of piperidine rings is 1. The molecule has 3 aromatic rings. The molecule has 5 heteroatoms. The summed E-state index contributed by atoms with van der Waals surface area (Å²) in [7, 11) is 0. The lowest BCUT2D eigenvalue weighted by atomic mass is 9.68. The van der Waals surface area contributed by atoms with Crippen molar-refractivity contribution in [1.82, 2.24) is 14.9 Å². The minimum atomic E-state index is -0.851. The Kier molecular flexibility index (Phi) is 4.71. The predicted molar refractivity (Wildman–Crippen MR) is 118 cm³/mol. The van der Waals surface area contributed by atoms with Gasteiger partial charge in [-0.3, -0.25) is 4.90 Å². The van der Waals surface area contributed by atoms with E-state index in [0.29, 0.717) is 17.1 Å². The lowest BCUT2D eigenvalue weighted by Gasteiger charge is -2.52. The molecule has 1 saturated heterocycles. The van der Waals surface area contributed by atoms with Crippen LogP contribution in [0, 0.1) is 24.6 Å². The minimum Gasteiger partial charge on any atom is -0.384 e. The van der Waals surface area contributed by atoms with Crippen molar-refractivity contribution in [2.75, 3.05) is 13.1 Å². The maximum absolute atomic E-state index is 14.3. The van der Waals surface area contributed by atoms with Crippen LogP contribution in [0.25, 0.3) is 22.2 Å². The van der Waals surface area contributed by atoms with E-state index in [2.05, 4.69) is 41.7 Å².